The predicted octanol–water partition coefficient (Wildman–Crippen LogP) is 3.03. The van der Waals surface area contributed by atoms with E-state index >= 15 is 0 Å². The minimum Gasteiger partial charge on any atom is -0.398 e. The summed E-state index contributed by atoms with van der Waals surface area (Å²) >= 11 is 0. The van der Waals surface area contributed by atoms with Crippen LogP contribution in [0.25, 0.3) is 0 Å². The maximum absolute atomic E-state index is 12.1. The van der Waals surface area contributed by atoms with Gasteiger partial charge in [0.25, 0.3) is 5.91 Å². The predicted molar refractivity (Wildman–Crippen MR) is 91.8 cm³/mol. The standard InChI is InChI=1S/C18H29N3O/c1-14(2)12-20-18(22)15-7-8-16(17(19)11-15)13-21-9-5-3-4-6-10-21/h7-8,11,14H,3-6,9-10,12-13,19H2,1-2H3,(H,20,22). The monoisotopic (exact) mass is 303 g/mol. The first-order chi connectivity index (χ1) is 10.6. The molecule has 0 aliphatic carbocycles. The minimum absolute atomic E-state index is 0.0401. The first-order valence-corrected chi connectivity index (χ1v) is 8.45. The van der Waals surface area contributed by atoms with Crippen LogP contribution in [0.15, 0.2) is 18.2 Å². The zero-order valence-corrected chi connectivity index (χ0v) is 13.9. The lowest BCUT2D eigenvalue weighted by Crippen LogP contribution is -2.27. The van der Waals surface area contributed by atoms with Gasteiger partial charge in [-0.2, -0.15) is 0 Å². The second kappa shape index (κ2) is 8.18. The van der Waals surface area contributed by atoms with Crippen LogP contribution in [-0.4, -0.2) is 30.4 Å². The molecule has 1 aliphatic rings. The number of nitrogens with zero attached hydrogens (tertiary/aromatic N) is 1. The molecule has 0 radical (unpaired) electrons. The highest BCUT2D eigenvalue weighted by molar-refractivity contribution is 5.95. The SMILES string of the molecule is CC(C)CNC(=O)c1ccc(CN2CCCCCC2)c(N)c1. The Balaban J connectivity index is 1.98. The molecule has 1 heterocycles. The number of carbonyl (C=O) groups is 1. The number of hydrogen-bond donors (Lipinski definition) is 2. The van der Waals surface area contributed by atoms with E-state index in [1.807, 2.05) is 18.2 Å². The summed E-state index contributed by atoms with van der Waals surface area (Å²) in [6.07, 6.45) is 5.22. The van der Waals surface area contributed by atoms with E-state index in [1.165, 1.54) is 25.7 Å². The number of nitrogens with two attached hydrogens (primary N) is 1. The Morgan fingerprint density at radius 1 is 1.23 bits per heavy atom. The lowest BCUT2D eigenvalue weighted by Gasteiger charge is -2.21. The molecule has 0 atom stereocenters. The van der Waals surface area contributed by atoms with E-state index in [4.69, 9.17) is 5.73 Å². The van der Waals surface area contributed by atoms with Crippen LogP contribution in [0.5, 0.6) is 0 Å². The van der Waals surface area contributed by atoms with Crippen LogP contribution in [0, 0.1) is 5.92 Å². The summed E-state index contributed by atoms with van der Waals surface area (Å²) in [5.74, 6) is 0.408. The Morgan fingerprint density at radius 3 is 2.50 bits per heavy atom. The largest absolute Gasteiger partial charge is 0.398 e. The number of likely N-dealkylation sites (tertiary alicyclic amines) is 1. The van der Waals surface area contributed by atoms with Crippen LogP contribution >= 0.6 is 0 Å². The second-order valence-electron chi connectivity index (χ2n) is 6.71. The average Bonchev–Trinajstić information content (AvgIpc) is 2.75. The van der Waals surface area contributed by atoms with Crippen molar-refractivity contribution in [1.82, 2.24) is 10.2 Å². The second-order valence-corrected chi connectivity index (χ2v) is 6.71. The highest BCUT2D eigenvalue weighted by atomic mass is 16.1. The normalized spacial score (nSPS) is 16.5. The molecule has 0 aromatic heterocycles. The van der Waals surface area contributed by atoms with E-state index in [-0.39, 0.29) is 5.91 Å². The molecule has 4 nitrogen and oxygen atoms in total. The first kappa shape index (κ1) is 16.8. The first-order valence-electron chi connectivity index (χ1n) is 8.45. The molecular formula is C18H29N3O. The molecule has 122 valence electrons. The molecule has 1 aromatic carbocycles. The molecule has 4 heteroatoms. The summed E-state index contributed by atoms with van der Waals surface area (Å²) in [7, 11) is 0. The van der Waals surface area contributed by atoms with Gasteiger partial charge in [-0.15, -0.1) is 0 Å². The molecule has 0 unspecified atom stereocenters. The van der Waals surface area contributed by atoms with Crippen molar-refractivity contribution in [1.29, 1.82) is 0 Å². The topological polar surface area (TPSA) is 58.4 Å². The van der Waals surface area contributed by atoms with Gasteiger partial charge >= 0.3 is 0 Å². The summed E-state index contributed by atoms with van der Waals surface area (Å²) in [5.41, 5.74) is 8.67. The maximum Gasteiger partial charge on any atom is 0.251 e. The lowest BCUT2D eigenvalue weighted by atomic mass is 10.1. The highest BCUT2D eigenvalue weighted by Crippen LogP contribution is 2.19. The van der Waals surface area contributed by atoms with Crippen molar-refractivity contribution in [3.05, 3.63) is 29.3 Å². The van der Waals surface area contributed by atoms with Crippen LogP contribution in [0.2, 0.25) is 0 Å². The molecule has 2 rings (SSSR count). The molecule has 1 amide bonds. The van der Waals surface area contributed by atoms with Crippen molar-refractivity contribution < 1.29 is 4.79 Å². The molecule has 0 spiro atoms. The van der Waals surface area contributed by atoms with Gasteiger partial charge in [-0.05, 0) is 49.5 Å². The third-order valence-corrected chi connectivity index (χ3v) is 4.17. The van der Waals surface area contributed by atoms with Crippen molar-refractivity contribution in [2.75, 3.05) is 25.4 Å². The van der Waals surface area contributed by atoms with Crippen molar-refractivity contribution >= 4 is 11.6 Å². The molecule has 22 heavy (non-hydrogen) atoms. The van der Waals surface area contributed by atoms with Gasteiger partial charge in [-0.3, -0.25) is 9.69 Å². The van der Waals surface area contributed by atoms with Crippen LogP contribution in [0.4, 0.5) is 5.69 Å². The van der Waals surface area contributed by atoms with Crippen molar-refractivity contribution in [2.45, 2.75) is 46.1 Å². The Morgan fingerprint density at radius 2 is 1.91 bits per heavy atom. The van der Waals surface area contributed by atoms with E-state index in [0.717, 1.165) is 30.9 Å². The third-order valence-electron chi connectivity index (χ3n) is 4.17. The molecule has 1 aliphatic heterocycles. The van der Waals surface area contributed by atoms with Crippen LogP contribution in [0.1, 0.15) is 55.5 Å². The van der Waals surface area contributed by atoms with E-state index < -0.39 is 0 Å². The van der Waals surface area contributed by atoms with E-state index in [9.17, 15) is 4.79 Å². The zero-order valence-electron chi connectivity index (χ0n) is 13.9. The van der Waals surface area contributed by atoms with Gasteiger partial charge in [0.05, 0.1) is 0 Å². The summed E-state index contributed by atoms with van der Waals surface area (Å²) in [6.45, 7) is 8.04. The van der Waals surface area contributed by atoms with E-state index in [0.29, 0.717) is 18.0 Å². The van der Waals surface area contributed by atoms with Gasteiger partial charge < -0.3 is 11.1 Å². The van der Waals surface area contributed by atoms with E-state index in [2.05, 4.69) is 24.1 Å². The van der Waals surface area contributed by atoms with Crippen molar-refractivity contribution in [3.8, 4) is 0 Å². The number of anilines is 1. The minimum atomic E-state index is -0.0401. The molecule has 1 fully saturated rings. The molecule has 0 bridgehead atoms. The fourth-order valence-corrected chi connectivity index (χ4v) is 2.81. The summed E-state index contributed by atoms with van der Waals surface area (Å²) in [4.78, 5) is 14.5. The summed E-state index contributed by atoms with van der Waals surface area (Å²) < 4.78 is 0. The maximum atomic E-state index is 12.1. The number of nitrogens with one attached hydrogen (secondary N) is 1. The molecule has 0 saturated carbocycles. The van der Waals surface area contributed by atoms with Gasteiger partial charge in [0, 0.05) is 24.3 Å². The molecule has 3 N–H and O–H groups in total. The number of rotatable bonds is 5. The molecule has 1 aromatic rings. The Hall–Kier alpha value is -1.55. The third kappa shape index (κ3) is 5.02. The average molecular weight is 303 g/mol. The van der Waals surface area contributed by atoms with Gasteiger partial charge in [-0.25, -0.2) is 0 Å². The number of hydrogen-bond acceptors (Lipinski definition) is 3. The zero-order chi connectivity index (χ0) is 15.9. The lowest BCUT2D eigenvalue weighted by molar-refractivity contribution is 0.0949. The highest BCUT2D eigenvalue weighted by Gasteiger charge is 2.13. The molecule has 1 saturated heterocycles. The Bertz CT molecular complexity index is 491. The quantitative estimate of drug-likeness (QED) is 0.822. The van der Waals surface area contributed by atoms with E-state index in [1.54, 1.807) is 0 Å². The number of benzene rings is 1. The molecular weight excluding hydrogens is 274 g/mol. The fourth-order valence-electron chi connectivity index (χ4n) is 2.81. The number of carbonyl (C=O) groups excluding carboxylic acids is 1. The van der Waals surface area contributed by atoms with Crippen LogP contribution < -0.4 is 11.1 Å². The van der Waals surface area contributed by atoms with Crippen molar-refractivity contribution in [2.24, 2.45) is 5.92 Å². The number of nitrogen functional groups attached to an aromatic ring is 1. The fraction of sp³-hybridized carbons (Fsp3) is 0.611. The van der Waals surface area contributed by atoms with Gasteiger partial charge in [0.2, 0.25) is 0 Å². The van der Waals surface area contributed by atoms with Gasteiger partial charge in [0.1, 0.15) is 0 Å². The Labute approximate surface area is 134 Å². The Kier molecular flexibility index (Phi) is 6.25. The number of amides is 1. The smallest absolute Gasteiger partial charge is 0.251 e. The van der Waals surface area contributed by atoms with Crippen molar-refractivity contribution in [3.63, 3.8) is 0 Å². The van der Waals surface area contributed by atoms with Gasteiger partial charge in [0.15, 0.2) is 0 Å². The van der Waals surface area contributed by atoms with Gasteiger partial charge in [-0.1, -0.05) is 32.8 Å². The van der Waals surface area contributed by atoms with Crippen LogP contribution in [0.3, 0.4) is 0 Å². The summed E-state index contributed by atoms with van der Waals surface area (Å²) in [6, 6.07) is 5.70. The summed E-state index contributed by atoms with van der Waals surface area (Å²) in [5, 5.41) is 2.93. The van der Waals surface area contributed by atoms with Crippen LogP contribution in [-0.2, 0) is 6.54 Å².